The van der Waals surface area contributed by atoms with Gasteiger partial charge in [-0.3, -0.25) is 4.90 Å². The first kappa shape index (κ1) is 21.5. The molecule has 1 atom stereocenters. The van der Waals surface area contributed by atoms with Crippen molar-refractivity contribution in [2.24, 2.45) is 11.3 Å². The quantitative estimate of drug-likeness (QED) is 0.438. The largest absolute Gasteiger partial charge is 0.299 e. The third-order valence-corrected chi connectivity index (χ3v) is 7.53. The fraction of sp³-hybridized carbons (Fsp3) is 0.385. The minimum Gasteiger partial charge on any atom is -0.299 e. The van der Waals surface area contributed by atoms with E-state index in [0.717, 1.165) is 44.1 Å². The summed E-state index contributed by atoms with van der Waals surface area (Å²) in [4.78, 5) is 2.48. The van der Waals surface area contributed by atoms with Crippen LogP contribution >= 0.6 is 11.6 Å². The van der Waals surface area contributed by atoms with Crippen LogP contribution in [0.4, 0.5) is 8.78 Å². The zero-order valence-electron chi connectivity index (χ0n) is 17.9. The van der Waals surface area contributed by atoms with Gasteiger partial charge in [0.05, 0.1) is 16.4 Å². The SMILES string of the molecule is Fc1ccc(CN2CCC3(CC2)CC3CCc2ccc(-c3cc(F)ccc3Cl)nn2)cc1. The zero-order valence-corrected chi connectivity index (χ0v) is 18.7. The van der Waals surface area contributed by atoms with E-state index in [-0.39, 0.29) is 11.6 Å². The number of rotatable bonds is 6. The van der Waals surface area contributed by atoms with Crippen LogP contribution in [-0.4, -0.2) is 28.2 Å². The van der Waals surface area contributed by atoms with Crippen LogP contribution in [0.15, 0.2) is 54.6 Å². The van der Waals surface area contributed by atoms with Crippen molar-refractivity contribution < 1.29 is 8.78 Å². The Morgan fingerprint density at radius 1 is 0.938 bits per heavy atom. The molecule has 2 heterocycles. The number of halogens is 3. The maximum absolute atomic E-state index is 13.5. The van der Waals surface area contributed by atoms with Gasteiger partial charge < -0.3 is 0 Å². The van der Waals surface area contributed by atoms with E-state index in [1.54, 1.807) is 18.2 Å². The van der Waals surface area contributed by atoms with Gasteiger partial charge >= 0.3 is 0 Å². The van der Waals surface area contributed by atoms with Gasteiger partial charge in [0.15, 0.2) is 0 Å². The Morgan fingerprint density at radius 3 is 2.41 bits per heavy atom. The monoisotopic (exact) mass is 453 g/mol. The van der Waals surface area contributed by atoms with E-state index in [1.807, 2.05) is 24.3 Å². The average Bonchev–Trinajstić information content (AvgIpc) is 3.49. The first-order valence-corrected chi connectivity index (χ1v) is 11.6. The van der Waals surface area contributed by atoms with Crippen LogP contribution in [0.3, 0.4) is 0 Å². The van der Waals surface area contributed by atoms with E-state index in [0.29, 0.717) is 21.7 Å². The highest BCUT2D eigenvalue weighted by Crippen LogP contribution is 2.61. The second-order valence-corrected chi connectivity index (χ2v) is 9.65. The van der Waals surface area contributed by atoms with Crippen molar-refractivity contribution in [3.8, 4) is 11.3 Å². The van der Waals surface area contributed by atoms with Crippen molar-refractivity contribution >= 4 is 11.6 Å². The van der Waals surface area contributed by atoms with Gasteiger partial charge in [-0.05, 0) is 105 Å². The molecule has 1 saturated carbocycles. The topological polar surface area (TPSA) is 29.0 Å². The third-order valence-electron chi connectivity index (χ3n) is 7.20. The summed E-state index contributed by atoms with van der Waals surface area (Å²) in [5.74, 6) is 0.247. The van der Waals surface area contributed by atoms with Gasteiger partial charge in [0.25, 0.3) is 0 Å². The van der Waals surface area contributed by atoms with Crippen LogP contribution in [0.25, 0.3) is 11.3 Å². The van der Waals surface area contributed by atoms with Crippen LogP contribution in [-0.2, 0) is 13.0 Å². The highest BCUT2D eigenvalue weighted by atomic mass is 35.5. The Bertz CT molecular complexity index is 1080. The summed E-state index contributed by atoms with van der Waals surface area (Å²) in [6, 6.07) is 15.0. The van der Waals surface area contributed by atoms with Crippen molar-refractivity contribution in [1.29, 1.82) is 0 Å². The highest BCUT2D eigenvalue weighted by Gasteiger charge is 2.53. The molecule has 2 aromatic carbocycles. The van der Waals surface area contributed by atoms with E-state index in [1.165, 1.54) is 37.0 Å². The predicted octanol–water partition coefficient (Wildman–Crippen LogP) is 6.31. The lowest BCUT2D eigenvalue weighted by Crippen LogP contribution is -2.34. The third kappa shape index (κ3) is 4.69. The van der Waals surface area contributed by atoms with Crippen molar-refractivity contribution in [2.75, 3.05) is 13.1 Å². The minimum absolute atomic E-state index is 0.177. The highest BCUT2D eigenvalue weighted by molar-refractivity contribution is 6.33. The molecule has 1 unspecified atom stereocenters. The van der Waals surface area contributed by atoms with Gasteiger partial charge in [-0.1, -0.05) is 23.7 Å². The number of piperidine rings is 1. The van der Waals surface area contributed by atoms with Crippen molar-refractivity contribution in [2.45, 2.75) is 38.6 Å². The van der Waals surface area contributed by atoms with Crippen LogP contribution in [0, 0.1) is 23.0 Å². The van der Waals surface area contributed by atoms with Crippen molar-refractivity contribution in [3.63, 3.8) is 0 Å². The molecule has 1 aliphatic carbocycles. The van der Waals surface area contributed by atoms with Crippen molar-refractivity contribution in [1.82, 2.24) is 15.1 Å². The van der Waals surface area contributed by atoms with Crippen molar-refractivity contribution in [3.05, 3.63) is 82.5 Å². The lowest BCUT2D eigenvalue weighted by Gasteiger charge is -2.33. The lowest BCUT2D eigenvalue weighted by molar-refractivity contribution is 0.155. The van der Waals surface area contributed by atoms with E-state index in [4.69, 9.17) is 11.6 Å². The van der Waals surface area contributed by atoms with Gasteiger partial charge in [-0.25, -0.2) is 8.78 Å². The maximum atomic E-state index is 13.5. The van der Waals surface area contributed by atoms with Gasteiger partial charge in [-0.2, -0.15) is 10.2 Å². The van der Waals surface area contributed by atoms with Crippen LogP contribution in [0.5, 0.6) is 0 Å². The molecule has 3 nitrogen and oxygen atoms in total. The summed E-state index contributed by atoms with van der Waals surface area (Å²) in [5, 5.41) is 9.11. The molecular formula is C26H26ClF2N3. The smallest absolute Gasteiger partial charge is 0.123 e. The fourth-order valence-electron chi connectivity index (χ4n) is 5.11. The van der Waals surface area contributed by atoms with E-state index < -0.39 is 0 Å². The normalized spacial score (nSPS) is 19.9. The maximum Gasteiger partial charge on any atom is 0.123 e. The number of hydrogen-bond acceptors (Lipinski definition) is 3. The lowest BCUT2D eigenvalue weighted by atomic mass is 9.89. The molecule has 0 amide bonds. The van der Waals surface area contributed by atoms with Crippen LogP contribution in [0.2, 0.25) is 5.02 Å². The zero-order chi connectivity index (χ0) is 22.1. The first-order chi connectivity index (χ1) is 15.5. The van der Waals surface area contributed by atoms with E-state index in [9.17, 15) is 8.78 Å². The van der Waals surface area contributed by atoms with E-state index >= 15 is 0 Å². The molecule has 1 spiro atoms. The Hall–Kier alpha value is -2.37. The molecule has 5 rings (SSSR count). The fourth-order valence-corrected chi connectivity index (χ4v) is 5.32. The summed E-state index contributed by atoms with van der Waals surface area (Å²) in [7, 11) is 0. The molecule has 6 heteroatoms. The number of aryl methyl sites for hydroxylation is 1. The molecule has 2 fully saturated rings. The number of nitrogens with zero attached hydrogens (tertiary/aromatic N) is 3. The molecule has 0 radical (unpaired) electrons. The Labute approximate surface area is 192 Å². The Morgan fingerprint density at radius 2 is 1.69 bits per heavy atom. The molecule has 1 aromatic heterocycles. The molecular weight excluding hydrogens is 428 g/mol. The number of aromatic nitrogens is 2. The van der Waals surface area contributed by atoms with Crippen LogP contribution in [0.1, 0.15) is 36.9 Å². The van der Waals surface area contributed by atoms with Gasteiger partial charge in [0.2, 0.25) is 0 Å². The van der Waals surface area contributed by atoms with Crippen LogP contribution < -0.4 is 0 Å². The van der Waals surface area contributed by atoms with Gasteiger partial charge in [0, 0.05) is 12.1 Å². The predicted molar refractivity (Wildman–Crippen MR) is 122 cm³/mol. The van der Waals surface area contributed by atoms with Gasteiger partial charge in [0.1, 0.15) is 11.6 Å². The standard InChI is InChI=1S/C26H26ClF2N3/c27-24-9-6-21(29)15-23(24)25-10-8-22(30-31-25)7-3-19-16-26(19)11-13-32(14-12-26)17-18-1-4-20(28)5-2-18/h1-2,4-6,8-10,15,19H,3,7,11-14,16-17H2. The number of hydrogen-bond donors (Lipinski definition) is 0. The molecule has 32 heavy (non-hydrogen) atoms. The molecule has 0 bridgehead atoms. The first-order valence-electron chi connectivity index (χ1n) is 11.3. The van der Waals surface area contributed by atoms with Gasteiger partial charge in [-0.15, -0.1) is 0 Å². The summed E-state index contributed by atoms with van der Waals surface area (Å²) in [6.45, 7) is 3.12. The molecule has 2 aliphatic rings. The summed E-state index contributed by atoms with van der Waals surface area (Å²) in [6.07, 6.45) is 5.83. The number of likely N-dealkylation sites (tertiary alicyclic amines) is 1. The summed E-state index contributed by atoms with van der Waals surface area (Å²) >= 11 is 6.17. The average molecular weight is 454 g/mol. The molecule has 3 aromatic rings. The molecule has 1 aliphatic heterocycles. The molecule has 166 valence electrons. The second kappa shape index (κ2) is 8.87. The molecule has 1 saturated heterocycles. The second-order valence-electron chi connectivity index (χ2n) is 9.24. The Balaban J connectivity index is 1.11. The molecule has 0 N–H and O–H groups in total. The summed E-state index contributed by atoms with van der Waals surface area (Å²) in [5.41, 5.74) is 3.81. The minimum atomic E-state index is -0.335. The Kier molecular flexibility index (Phi) is 5.95. The van der Waals surface area contributed by atoms with E-state index in [2.05, 4.69) is 15.1 Å². The summed E-state index contributed by atoms with van der Waals surface area (Å²) < 4.78 is 26.6. The number of benzene rings is 2.